The summed E-state index contributed by atoms with van der Waals surface area (Å²) in [5.41, 5.74) is 4.47. The first-order valence-electron chi connectivity index (χ1n) is 11.3. The second-order valence-corrected chi connectivity index (χ2v) is 8.56. The molecule has 2 aromatic carbocycles. The molecule has 2 aromatic rings. The second kappa shape index (κ2) is 13.9. The molecule has 0 bridgehead atoms. The van der Waals surface area contributed by atoms with E-state index < -0.39 is 0 Å². The molecular weight excluding hydrogens is 404 g/mol. The summed E-state index contributed by atoms with van der Waals surface area (Å²) in [6, 6.07) is 15.8. The first-order chi connectivity index (χ1) is 14.8. The molecule has 0 saturated carbocycles. The lowest BCUT2D eigenvalue weighted by atomic mass is 9.91. The highest BCUT2D eigenvalue weighted by Gasteiger charge is 2.30. The number of hydrogen-bond donors (Lipinski definition) is 0. The van der Waals surface area contributed by atoms with Crippen LogP contribution in [-0.2, 0) is 11.2 Å². The smallest absolute Gasteiger partial charge is 0.222 e. The lowest BCUT2D eigenvalue weighted by Gasteiger charge is -2.17. The summed E-state index contributed by atoms with van der Waals surface area (Å²) in [7, 11) is 0. The Kier molecular flexibility index (Phi) is 12.0. The molecule has 2 atom stereocenters. The Morgan fingerprint density at radius 2 is 1.84 bits per heavy atom. The Hall–Kier alpha value is -2.31. The number of rotatable bonds is 4. The molecule has 0 N–H and O–H groups in total. The molecule has 31 heavy (non-hydrogen) atoms. The van der Waals surface area contributed by atoms with Crippen LogP contribution >= 0.6 is 11.6 Å². The summed E-state index contributed by atoms with van der Waals surface area (Å²) in [5, 5.41) is 9.00. The van der Waals surface area contributed by atoms with Crippen molar-refractivity contribution in [1.82, 2.24) is 4.90 Å². The maximum absolute atomic E-state index is 11.4. The SMILES string of the molecule is CCC(C)C1CC(=O)N(CC)C1.CCc1ccccc1C.Cc1ccc(C#N)c(Cl)c1. The summed E-state index contributed by atoms with van der Waals surface area (Å²) in [5.74, 6) is 1.66. The molecule has 1 amide bonds. The zero-order valence-corrected chi connectivity index (χ0v) is 20.7. The van der Waals surface area contributed by atoms with Gasteiger partial charge < -0.3 is 4.90 Å². The maximum atomic E-state index is 11.4. The van der Waals surface area contributed by atoms with E-state index in [2.05, 4.69) is 58.9 Å². The van der Waals surface area contributed by atoms with Crippen molar-refractivity contribution in [3.63, 3.8) is 0 Å². The number of carbonyl (C=O) groups is 1. The Labute approximate surface area is 194 Å². The number of nitriles is 1. The van der Waals surface area contributed by atoms with Gasteiger partial charge in [-0.05, 0) is 67.9 Å². The van der Waals surface area contributed by atoms with Gasteiger partial charge in [0.1, 0.15) is 6.07 Å². The molecule has 0 aromatic heterocycles. The quantitative estimate of drug-likeness (QED) is 0.514. The fourth-order valence-electron chi connectivity index (χ4n) is 3.54. The average Bonchev–Trinajstić information content (AvgIpc) is 3.15. The highest BCUT2D eigenvalue weighted by molar-refractivity contribution is 6.31. The summed E-state index contributed by atoms with van der Waals surface area (Å²) < 4.78 is 0. The lowest BCUT2D eigenvalue weighted by Crippen LogP contribution is -2.25. The third-order valence-electron chi connectivity index (χ3n) is 5.96. The molecule has 1 saturated heterocycles. The van der Waals surface area contributed by atoms with Crippen LogP contribution in [0.25, 0.3) is 0 Å². The van der Waals surface area contributed by atoms with Crippen molar-refractivity contribution in [2.75, 3.05) is 13.1 Å². The van der Waals surface area contributed by atoms with Gasteiger partial charge in [-0.2, -0.15) is 5.26 Å². The van der Waals surface area contributed by atoms with Crippen LogP contribution in [-0.4, -0.2) is 23.9 Å². The molecule has 3 rings (SSSR count). The number of aryl methyl sites for hydroxylation is 3. The van der Waals surface area contributed by atoms with E-state index in [4.69, 9.17) is 16.9 Å². The van der Waals surface area contributed by atoms with Crippen molar-refractivity contribution in [2.24, 2.45) is 11.8 Å². The fourth-order valence-corrected chi connectivity index (χ4v) is 3.82. The molecule has 2 unspecified atom stereocenters. The fraction of sp³-hybridized carbons (Fsp3) is 0.481. The molecule has 1 heterocycles. The predicted octanol–water partition coefficient (Wildman–Crippen LogP) is 6.98. The standard InChI is InChI=1S/C10H19NO.C9H12.C8H6ClN/c1-4-8(3)9-6-10(12)11(5-2)7-9;1-3-9-7-5-4-6-8(9)2;1-6-2-3-7(5-10)8(9)4-6/h8-9H,4-7H2,1-3H3;4-7H,3H2,1-2H3;2-4H,1H3. The molecule has 1 aliphatic heterocycles. The van der Waals surface area contributed by atoms with Gasteiger partial charge in [0.05, 0.1) is 10.6 Å². The Morgan fingerprint density at radius 3 is 2.29 bits per heavy atom. The van der Waals surface area contributed by atoms with Crippen LogP contribution in [0.15, 0.2) is 42.5 Å². The van der Waals surface area contributed by atoms with Crippen molar-refractivity contribution in [3.05, 3.63) is 69.7 Å². The molecule has 3 nitrogen and oxygen atoms in total. The maximum Gasteiger partial charge on any atom is 0.222 e. The lowest BCUT2D eigenvalue weighted by molar-refractivity contribution is -0.127. The van der Waals surface area contributed by atoms with Crippen molar-refractivity contribution >= 4 is 17.5 Å². The number of carbonyl (C=O) groups excluding carboxylic acids is 1. The Balaban J connectivity index is 0.000000235. The molecule has 0 radical (unpaired) electrons. The third kappa shape index (κ3) is 8.75. The van der Waals surface area contributed by atoms with Gasteiger partial charge in [-0.25, -0.2) is 0 Å². The number of hydrogen-bond acceptors (Lipinski definition) is 2. The van der Waals surface area contributed by atoms with E-state index in [-0.39, 0.29) is 0 Å². The number of amides is 1. The zero-order chi connectivity index (χ0) is 23.4. The Morgan fingerprint density at radius 1 is 1.16 bits per heavy atom. The van der Waals surface area contributed by atoms with Gasteiger partial charge in [0, 0.05) is 19.5 Å². The average molecular weight is 441 g/mol. The van der Waals surface area contributed by atoms with Crippen LogP contribution in [0.4, 0.5) is 0 Å². The van der Waals surface area contributed by atoms with Gasteiger partial charge in [0.25, 0.3) is 0 Å². The van der Waals surface area contributed by atoms with E-state index in [0.29, 0.717) is 28.3 Å². The summed E-state index contributed by atoms with van der Waals surface area (Å²) >= 11 is 5.71. The first kappa shape index (κ1) is 26.7. The van der Waals surface area contributed by atoms with E-state index >= 15 is 0 Å². The zero-order valence-electron chi connectivity index (χ0n) is 19.9. The van der Waals surface area contributed by atoms with Gasteiger partial charge in [0.2, 0.25) is 5.91 Å². The van der Waals surface area contributed by atoms with E-state index in [1.165, 1.54) is 17.5 Å². The molecule has 4 heteroatoms. The largest absolute Gasteiger partial charge is 0.343 e. The topological polar surface area (TPSA) is 44.1 Å². The molecular formula is C27H37ClN2O. The third-order valence-corrected chi connectivity index (χ3v) is 6.27. The minimum atomic E-state index is 0.350. The molecule has 1 fully saturated rings. The van der Waals surface area contributed by atoms with E-state index in [9.17, 15) is 4.79 Å². The van der Waals surface area contributed by atoms with Crippen molar-refractivity contribution in [3.8, 4) is 6.07 Å². The van der Waals surface area contributed by atoms with E-state index in [1.54, 1.807) is 12.1 Å². The van der Waals surface area contributed by atoms with Gasteiger partial charge in [-0.3, -0.25) is 4.79 Å². The summed E-state index contributed by atoms with van der Waals surface area (Å²) in [6.45, 7) is 14.6. The minimum absolute atomic E-state index is 0.350. The number of halogens is 1. The minimum Gasteiger partial charge on any atom is -0.343 e. The van der Waals surface area contributed by atoms with Crippen LogP contribution in [0.5, 0.6) is 0 Å². The number of likely N-dealkylation sites (tertiary alicyclic amines) is 1. The predicted molar refractivity (Wildman–Crippen MR) is 131 cm³/mol. The number of benzene rings is 2. The van der Waals surface area contributed by atoms with Crippen molar-refractivity contribution in [2.45, 2.75) is 60.8 Å². The van der Waals surface area contributed by atoms with Crippen molar-refractivity contribution in [1.29, 1.82) is 5.26 Å². The number of nitrogens with zero attached hydrogens (tertiary/aromatic N) is 2. The van der Waals surface area contributed by atoms with Gasteiger partial charge in [-0.1, -0.05) is 69.1 Å². The highest BCUT2D eigenvalue weighted by Crippen LogP contribution is 2.26. The van der Waals surface area contributed by atoms with E-state index in [1.807, 2.05) is 24.0 Å². The summed E-state index contributed by atoms with van der Waals surface area (Å²) in [6.07, 6.45) is 3.12. The van der Waals surface area contributed by atoms with Crippen molar-refractivity contribution < 1.29 is 4.79 Å². The van der Waals surface area contributed by atoms with Crippen LogP contribution < -0.4 is 0 Å². The van der Waals surface area contributed by atoms with Crippen LogP contribution in [0.3, 0.4) is 0 Å². The van der Waals surface area contributed by atoms with E-state index in [0.717, 1.165) is 31.5 Å². The van der Waals surface area contributed by atoms with Crippen LogP contribution in [0.1, 0.15) is 62.8 Å². The molecule has 1 aliphatic rings. The van der Waals surface area contributed by atoms with Gasteiger partial charge in [0.15, 0.2) is 0 Å². The molecule has 0 aliphatic carbocycles. The van der Waals surface area contributed by atoms with Crippen LogP contribution in [0, 0.1) is 37.0 Å². The molecule has 168 valence electrons. The normalized spacial score (nSPS) is 15.9. The van der Waals surface area contributed by atoms with Gasteiger partial charge >= 0.3 is 0 Å². The van der Waals surface area contributed by atoms with Crippen LogP contribution in [0.2, 0.25) is 5.02 Å². The molecule has 0 spiro atoms. The van der Waals surface area contributed by atoms with Gasteiger partial charge in [-0.15, -0.1) is 0 Å². The first-order valence-corrected chi connectivity index (χ1v) is 11.6. The highest BCUT2D eigenvalue weighted by atomic mass is 35.5. The monoisotopic (exact) mass is 440 g/mol. The Bertz CT molecular complexity index is 872. The summed E-state index contributed by atoms with van der Waals surface area (Å²) in [4.78, 5) is 13.3. The second-order valence-electron chi connectivity index (χ2n) is 8.16.